The van der Waals surface area contributed by atoms with Crippen molar-refractivity contribution in [3.05, 3.63) is 70.1 Å². The van der Waals surface area contributed by atoms with Crippen LogP contribution in [0.5, 0.6) is 11.5 Å². The van der Waals surface area contributed by atoms with Gasteiger partial charge < -0.3 is 14.6 Å². The number of phenols is 1. The van der Waals surface area contributed by atoms with E-state index >= 15 is 0 Å². The lowest BCUT2D eigenvalue weighted by molar-refractivity contribution is 0.0597. The van der Waals surface area contributed by atoms with Crippen LogP contribution in [-0.2, 0) is 11.2 Å². The lowest BCUT2D eigenvalue weighted by Gasteiger charge is -2.15. The highest BCUT2D eigenvalue weighted by Crippen LogP contribution is 2.36. The van der Waals surface area contributed by atoms with Crippen molar-refractivity contribution in [1.82, 2.24) is 0 Å². The average molecular weight is 370 g/mol. The molecule has 2 rings (SSSR count). The van der Waals surface area contributed by atoms with Gasteiger partial charge in [-0.2, -0.15) is 0 Å². The van der Waals surface area contributed by atoms with Crippen molar-refractivity contribution in [1.29, 1.82) is 0 Å². The second-order valence-electron chi connectivity index (χ2n) is 6.24. The molecule has 0 bridgehead atoms. The molecule has 2 aromatic rings. The number of esters is 1. The summed E-state index contributed by atoms with van der Waals surface area (Å²) >= 11 is 0. The van der Waals surface area contributed by atoms with Gasteiger partial charge in [-0.1, -0.05) is 35.9 Å². The molecule has 0 atom stereocenters. The van der Waals surface area contributed by atoms with Gasteiger partial charge in [0.05, 0.1) is 14.2 Å². The van der Waals surface area contributed by atoms with Crippen molar-refractivity contribution < 1.29 is 23.8 Å². The third-order valence-electron chi connectivity index (χ3n) is 4.02. The second kappa shape index (κ2) is 9.03. The molecular formula is C22H23FO4. The number of ether oxygens (including phenoxy) is 2. The van der Waals surface area contributed by atoms with Gasteiger partial charge in [-0.15, -0.1) is 0 Å². The number of methoxy groups -OCH3 is 2. The molecule has 0 unspecified atom stereocenters. The summed E-state index contributed by atoms with van der Waals surface area (Å²) < 4.78 is 23.6. The van der Waals surface area contributed by atoms with Crippen LogP contribution in [-0.4, -0.2) is 25.3 Å². The standard InChI is InChI=1S/C22H23FO4/c1-14(2)8-11-18-19(26-3)13-16(20(21(18)24)22(25)27-4)10-9-15-6-5-7-17(23)12-15/h5-10,12-13,24H,11H2,1-4H3/b10-9+. The predicted molar refractivity (Wildman–Crippen MR) is 104 cm³/mol. The summed E-state index contributed by atoms with van der Waals surface area (Å²) in [5.41, 5.74) is 2.66. The van der Waals surface area contributed by atoms with E-state index in [1.165, 1.54) is 26.4 Å². The highest BCUT2D eigenvalue weighted by atomic mass is 19.1. The lowest BCUT2D eigenvalue weighted by Crippen LogP contribution is -2.07. The average Bonchev–Trinajstić information content (AvgIpc) is 2.64. The zero-order chi connectivity index (χ0) is 20.0. The second-order valence-corrected chi connectivity index (χ2v) is 6.24. The largest absolute Gasteiger partial charge is 0.507 e. The topological polar surface area (TPSA) is 55.8 Å². The number of aromatic hydroxyl groups is 1. The van der Waals surface area contributed by atoms with Crippen LogP contribution in [0.25, 0.3) is 12.2 Å². The normalized spacial score (nSPS) is 10.7. The summed E-state index contributed by atoms with van der Waals surface area (Å²) in [6.07, 6.45) is 5.61. The summed E-state index contributed by atoms with van der Waals surface area (Å²) in [5, 5.41) is 10.7. The van der Waals surface area contributed by atoms with Crippen LogP contribution in [0.4, 0.5) is 4.39 Å². The fraction of sp³-hybridized carbons (Fsp3) is 0.227. The minimum atomic E-state index is -0.660. The van der Waals surface area contributed by atoms with Crippen LogP contribution < -0.4 is 4.74 Å². The van der Waals surface area contributed by atoms with Crippen LogP contribution in [0.15, 0.2) is 42.0 Å². The van der Waals surface area contributed by atoms with Crippen molar-refractivity contribution >= 4 is 18.1 Å². The van der Waals surface area contributed by atoms with Gasteiger partial charge in [0.2, 0.25) is 0 Å². The van der Waals surface area contributed by atoms with E-state index in [4.69, 9.17) is 9.47 Å². The Labute approximate surface area is 158 Å². The number of rotatable bonds is 6. The van der Waals surface area contributed by atoms with E-state index in [1.807, 2.05) is 19.9 Å². The number of phenolic OH excluding ortho intramolecular Hbond substituents is 1. The summed E-state index contributed by atoms with van der Waals surface area (Å²) in [7, 11) is 2.75. The van der Waals surface area contributed by atoms with Crippen LogP contribution in [0.3, 0.4) is 0 Å². The molecule has 2 aromatic carbocycles. The fourth-order valence-electron chi connectivity index (χ4n) is 2.63. The van der Waals surface area contributed by atoms with E-state index in [1.54, 1.807) is 30.4 Å². The first-order valence-corrected chi connectivity index (χ1v) is 8.45. The van der Waals surface area contributed by atoms with Crippen LogP contribution in [0, 0.1) is 5.82 Å². The molecule has 4 nitrogen and oxygen atoms in total. The van der Waals surface area contributed by atoms with Crippen LogP contribution >= 0.6 is 0 Å². The monoisotopic (exact) mass is 370 g/mol. The van der Waals surface area contributed by atoms with Crippen LogP contribution in [0.2, 0.25) is 0 Å². The first-order valence-electron chi connectivity index (χ1n) is 8.45. The van der Waals surface area contributed by atoms with E-state index in [0.29, 0.717) is 28.9 Å². The summed E-state index contributed by atoms with van der Waals surface area (Å²) in [5.74, 6) is -0.746. The van der Waals surface area contributed by atoms with E-state index in [9.17, 15) is 14.3 Å². The van der Waals surface area contributed by atoms with Crippen molar-refractivity contribution in [3.63, 3.8) is 0 Å². The van der Waals surface area contributed by atoms with E-state index < -0.39 is 5.97 Å². The number of benzene rings is 2. The molecule has 0 aliphatic heterocycles. The Kier molecular flexibility index (Phi) is 6.77. The Balaban J connectivity index is 2.60. The first-order chi connectivity index (χ1) is 12.9. The van der Waals surface area contributed by atoms with Crippen molar-refractivity contribution in [2.75, 3.05) is 14.2 Å². The number of hydrogen-bond acceptors (Lipinski definition) is 4. The molecule has 0 heterocycles. The van der Waals surface area contributed by atoms with Gasteiger partial charge in [0.15, 0.2) is 0 Å². The lowest BCUT2D eigenvalue weighted by atomic mass is 9.97. The summed E-state index contributed by atoms with van der Waals surface area (Å²) in [6.45, 7) is 3.89. The van der Waals surface area contributed by atoms with Gasteiger partial charge in [0.25, 0.3) is 0 Å². The van der Waals surface area contributed by atoms with Gasteiger partial charge in [-0.25, -0.2) is 9.18 Å². The predicted octanol–water partition coefficient (Wildman–Crippen LogP) is 5.01. The number of allylic oxidation sites excluding steroid dienone is 2. The number of carbonyl (C=O) groups excluding carboxylic acids is 1. The maximum absolute atomic E-state index is 13.4. The zero-order valence-electron chi connectivity index (χ0n) is 15.9. The number of hydrogen-bond donors (Lipinski definition) is 1. The Bertz CT molecular complexity index is 893. The zero-order valence-corrected chi connectivity index (χ0v) is 15.9. The molecule has 0 spiro atoms. The molecule has 0 saturated carbocycles. The smallest absolute Gasteiger partial charge is 0.342 e. The molecule has 1 N–H and O–H groups in total. The van der Waals surface area contributed by atoms with Gasteiger partial charge in [-0.05, 0) is 49.6 Å². The molecule has 0 aliphatic carbocycles. The summed E-state index contributed by atoms with van der Waals surface area (Å²) in [6, 6.07) is 7.71. The van der Waals surface area contributed by atoms with Crippen LogP contribution in [0.1, 0.15) is 40.9 Å². The maximum Gasteiger partial charge on any atom is 0.342 e. The molecular weight excluding hydrogens is 347 g/mol. The first kappa shape index (κ1) is 20.2. The highest BCUT2D eigenvalue weighted by molar-refractivity contribution is 5.98. The minimum Gasteiger partial charge on any atom is -0.507 e. The molecule has 5 heteroatoms. The van der Waals surface area contributed by atoms with E-state index in [2.05, 4.69) is 0 Å². The number of carbonyl (C=O) groups is 1. The Hall–Kier alpha value is -3.08. The van der Waals surface area contributed by atoms with Crippen molar-refractivity contribution in [2.24, 2.45) is 0 Å². The Morgan fingerprint density at radius 1 is 1.19 bits per heavy atom. The molecule has 0 amide bonds. The van der Waals surface area contributed by atoms with Crippen molar-refractivity contribution in [3.8, 4) is 11.5 Å². The number of halogens is 1. The molecule has 0 saturated heterocycles. The van der Waals surface area contributed by atoms with Gasteiger partial charge >= 0.3 is 5.97 Å². The molecule has 27 heavy (non-hydrogen) atoms. The molecule has 0 aliphatic rings. The Morgan fingerprint density at radius 2 is 1.93 bits per heavy atom. The van der Waals surface area contributed by atoms with E-state index in [-0.39, 0.29) is 17.1 Å². The molecule has 0 aromatic heterocycles. The highest BCUT2D eigenvalue weighted by Gasteiger charge is 2.22. The third-order valence-corrected chi connectivity index (χ3v) is 4.02. The van der Waals surface area contributed by atoms with Gasteiger partial charge in [-0.3, -0.25) is 0 Å². The maximum atomic E-state index is 13.4. The van der Waals surface area contributed by atoms with Crippen molar-refractivity contribution in [2.45, 2.75) is 20.3 Å². The molecule has 0 radical (unpaired) electrons. The van der Waals surface area contributed by atoms with Gasteiger partial charge in [0.1, 0.15) is 22.9 Å². The van der Waals surface area contributed by atoms with E-state index in [0.717, 1.165) is 5.57 Å². The quantitative estimate of drug-likeness (QED) is 0.441. The third kappa shape index (κ3) is 4.97. The summed E-state index contributed by atoms with van der Waals surface area (Å²) in [4.78, 5) is 12.3. The molecule has 142 valence electrons. The fourth-order valence-corrected chi connectivity index (χ4v) is 2.63. The SMILES string of the molecule is COC(=O)c1c(/C=C/c2cccc(F)c2)cc(OC)c(CC=C(C)C)c1O. The van der Waals surface area contributed by atoms with Gasteiger partial charge in [0, 0.05) is 5.56 Å². The minimum absolute atomic E-state index is 0.0445. The molecule has 0 fully saturated rings. The Morgan fingerprint density at radius 3 is 2.52 bits per heavy atom.